The van der Waals surface area contributed by atoms with Crippen LogP contribution in [0.5, 0.6) is 0 Å². The highest BCUT2D eigenvalue weighted by atomic mass is 32.1. The Morgan fingerprint density at radius 2 is 2.21 bits per heavy atom. The number of nitrogens with one attached hydrogen (secondary N) is 1. The molecule has 1 atom stereocenters. The van der Waals surface area contributed by atoms with Gasteiger partial charge in [0.25, 0.3) is 0 Å². The van der Waals surface area contributed by atoms with Gasteiger partial charge in [-0.1, -0.05) is 0 Å². The first-order chi connectivity index (χ1) is 9.25. The van der Waals surface area contributed by atoms with E-state index in [0.717, 1.165) is 24.1 Å². The number of aromatic nitrogens is 2. The summed E-state index contributed by atoms with van der Waals surface area (Å²) in [4.78, 5) is 20.8. The topological polar surface area (TPSA) is 54.9 Å². The van der Waals surface area contributed by atoms with Crippen molar-refractivity contribution in [3.63, 3.8) is 0 Å². The second-order valence-electron chi connectivity index (χ2n) is 4.83. The predicted octanol–water partition coefficient (Wildman–Crippen LogP) is 3.16. The van der Waals surface area contributed by atoms with E-state index >= 15 is 0 Å². The molecule has 0 spiro atoms. The van der Waals surface area contributed by atoms with Crippen LogP contribution < -0.4 is 5.32 Å². The van der Waals surface area contributed by atoms with Crippen LogP contribution in [0.25, 0.3) is 0 Å². The Kier molecular flexibility index (Phi) is 3.29. The van der Waals surface area contributed by atoms with E-state index in [1.165, 1.54) is 0 Å². The molecule has 1 amide bonds. The highest BCUT2D eigenvalue weighted by Gasteiger charge is 2.29. The Balaban J connectivity index is 1.76. The third-order valence-electron chi connectivity index (χ3n) is 3.37. The quantitative estimate of drug-likeness (QED) is 0.931. The fraction of sp³-hybridized carbons (Fsp3) is 0.357. The van der Waals surface area contributed by atoms with Gasteiger partial charge in [0.05, 0.1) is 11.6 Å². The summed E-state index contributed by atoms with van der Waals surface area (Å²) in [7, 11) is 0. The van der Waals surface area contributed by atoms with E-state index in [-0.39, 0.29) is 11.8 Å². The van der Waals surface area contributed by atoms with Crippen LogP contribution in [0.15, 0.2) is 29.2 Å². The van der Waals surface area contributed by atoms with Gasteiger partial charge in [0.2, 0.25) is 5.91 Å². The van der Waals surface area contributed by atoms with E-state index in [1.807, 2.05) is 23.8 Å². The molecule has 4 nitrogen and oxygen atoms in total. The summed E-state index contributed by atoms with van der Waals surface area (Å²) >= 11 is 1.60. The van der Waals surface area contributed by atoms with Crippen LogP contribution in [0.4, 0.5) is 5.82 Å². The summed E-state index contributed by atoms with van der Waals surface area (Å²) in [5.41, 5.74) is 1.97. The molecule has 0 radical (unpaired) electrons. The summed E-state index contributed by atoms with van der Waals surface area (Å²) in [6, 6.07) is 1.98. The lowest BCUT2D eigenvalue weighted by Gasteiger charge is -2.12. The van der Waals surface area contributed by atoms with Crippen molar-refractivity contribution in [2.24, 2.45) is 0 Å². The Morgan fingerprint density at radius 1 is 1.42 bits per heavy atom. The second-order valence-corrected chi connectivity index (χ2v) is 5.61. The lowest BCUT2D eigenvalue weighted by molar-refractivity contribution is -0.117. The fourth-order valence-corrected chi connectivity index (χ4v) is 2.75. The average molecular weight is 273 g/mol. The molecule has 0 aromatic carbocycles. The number of carbonyl (C=O) groups is 1. The van der Waals surface area contributed by atoms with Crippen LogP contribution in [-0.4, -0.2) is 15.9 Å². The molecule has 0 saturated heterocycles. The number of amides is 1. The first-order valence-electron chi connectivity index (χ1n) is 6.39. The third kappa shape index (κ3) is 2.66. The maximum atomic E-state index is 12.2. The molecule has 1 fully saturated rings. The van der Waals surface area contributed by atoms with Crippen LogP contribution in [0.2, 0.25) is 0 Å². The smallest absolute Gasteiger partial charge is 0.232 e. The molecule has 3 rings (SSSR count). The van der Waals surface area contributed by atoms with Crippen LogP contribution in [0, 0.1) is 0 Å². The summed E-state index contributed by atoms with van der Waals surface area (Å²) in [6.45, 7) is 1.91. The van der Waals surface area contributed by atoms with Gasteiger partial charge < -0.3 is 5.32 Å². The van der Waals surface area contributed by atoms with E-state index in [2.05, 4.69) is 15.3 Å². The third-order valence-corrected chi connectivity index (χ3v) is 4.07. The second kappa shape index (κ2) is 5.09. The van der Waals surface area contributed by atoms with Gasteiger partial charge in [-0.15, -0.1) is 0 Å². The van der Waals surface area contributed by atoms with Gasteiger partial charge in [0.15, 0.2) is 5.82 Å². The maximum Gasteiger partial charge on any atom is 0.232 e. The van der Waals surface area contributed by atoms with E-state index in [9.17, 15) is 4.79 Å². The Labute approximate surface area is 115 Å². The van der Waals surface area contributed by atoms with E-state index in [0.29, 0.717) is 11.7 Å². The van der Waals surface area contributed by atoms with Crippen molar-refractivity contribution in [3.8, 4) is 0 Å². The number of anilines is 1. The molecule has 5 heteroatoms. The first kappa shape index (κ1) is 12.3. The van der Waals surface area contributed by atoms with Gasteiger partial charge >= 0.3 is 0 Å². The molecule has 1 saturated carbocycles. The molecule has 1 aliphatic rings. The SMILES string of the molecule is CC(C(=O)Nc1nccnc1C1CC1)c1ccsc1. The highest BCUT2D eigenvalue weighted by molar-refractivity contribution is 7.08. The predicted molar refractivity (Wildman–Crippen MR) is 75.4 cm³/mol. The molecule has 2 aromatic heterocycles. The molecular weight excluding hydrogens is 258 g/mol. The molecule has 98 valence electrons. The number of carbonyl (C=O) groups excluding carboxylic acids is 1. The molecule has 1 N–H and O–H groups in total. The van der Waals surface area contributed by atoms with E-state index in [4.69, 9.17) is 0 Å². The molecule has 19 heavy (non-hydrogen) atoms. The summed E-state index contributed by atoms with van der Waals surface area (Å²) in [5.74, 6) is 0.902. The largest absolute Gasteiger partial charge is 0.309 e. The van der Waals surface area contributed by atoms with Gasteiger partial charge in [0, 0.05) is 18.3 Å². The molecule has 1 aliphatic carbocycles. The van der Waals surface area contributed by atoms with Crippen molar-refractivity contribution in [1.29, 1.82) is 0 Å². The zero-order valence-corrected chi connectivity index (χ0v) is 11.5. The summed E-state index contributed by atoms with van der Waals surface area (Å²) in [6.07, 6.45) is 5.59. The van der Waals surface area contributed by atoms with Crippen LogP contribution in [0.1, 0.15) is 42.9 Å². The standard InChI is InChI=1S/C14H15N3OS/c1-9(11-4-7-19-8-11)14(18)17-13-12(10-2-3-10)15-5-6-16-13/h4-10H,2-3H2,1H3,(H,16,17,18). The molecular formula is C14H15N3OS. The minimum absolute atomic E-state index is 0.0270. The van der Waals surface area contributed by atoms with Crippen LogP contribution in [0.3, 0.4) is 0 Å². The van der Waals surface area contributed by atoms with Crippen LogP contribution in [-0.2, 0) is 4.79 Å². The highest BCUT2D eigenvalue weighted by Crippen LogP contribution is 2.41. The molecule has 0 aliphatic heterocycles. The van der Waals surface area contributed by atoms with E-state index < -0.39 is 0 Å². The van der Waals surface area contributed by atoms with Gasteiger partial charge in [-0.25, -0.2) is 4.98 Å². The summed E-state index contributed by atoms with van der Waals surface area (Å²) in [5, 5.41) is 6.90. The molecule has 1 unspecified atom stereocenters. The zero-order chi connectivity index (χ0) is 13.2. The van der Waals surface area contributed by atoms with Crippen molar-refractivity contribution in [2.75, 3.05) is 5.32 Å². The van der Waals surface area contributed by atoms with Crippen molar-refractivity contribution in [1.82, 2.24) is 9.97 Å². The van der Waals surface area contributed by atoms with Crippen molar-refractivity contribution in [3.05, 3.63) is 40.5 Å². The van der Waals surface area contributed by atoms with E-state index in [1.54, 1.807) is 23.7 Å². The Morgan fingerprint density at radius 3 is 2.89 bits per heavy atom. The Bertz CT molecular complexity index is 578. The van der Waals surface area contributed by atoms with Gasteiger partial charge in [-0.2, -0.15) is 11.3 Å². The fourth-order valence-electron chi connectivity index (χ4n) is 2.00. The number of thiophene rings is 1. The monoisotopic (exact) mass is 273 g/mol. The van der Waals surface area contributed by atoms with Crippen molar-refractivity contribution in [2.45, 2.75) is 31.6 Å². The molecule has 2 aromatic rings. The molecule has 0 bridgehead atoms. The number of hydrogen-bond acceptors (Lipinski definition) is 4. The van der Waals surface area contributed by atoms with Crippen LogP contribution >= 0.6 is 11.3 Å². The average Bonchev–Trinajstić information content (AvgIpc) is 3.13. The summed E-state index contributed by atoms with van der Waals surface area (Å²) < 4.78 is 0. The normalized spacial score (nSPS) is 16.1. The lowest BCUT2D eigenvalue weighted by atomic mass is 10.0. The zero-order valence-electron chi connectivity index (χ0n) is 10.7. The molecule has 2 heterocycles. The number of nitrogens with zero attached hydrogens (tertiary/aromatic N) is 2. The minimum atomic E-state index is -0.166. The maximum absolute atomic E-state index is 12.2. The number of hydrogen-bond donors (Lipinski definition) is 1. The van der Waals surface area contributed by atoms with Gasteiger partial charge in [-0.05, 0) is 42.2 Å². The van der Waals surface area contributed by atoms with Gasteiger partial charge in [-0.3, -0.25) is 9.78 Å². The first-order valence-corrected chi connectivity index (χ1v) is 7.34. The van der Waals surface area contributed by atoms with Crippen molar-refractivity contribution >= 4 is 23.1 Å². The lowest BCUT2D eigenvalue weighted by Crippen LogP contribution is -2.20. The van der Waals surface area contributed by atoms with Crippen molar-refractivity contribution < 1.29 is 4.79 Å². The van der Waals surface area contributed by atoms with Gasteiger partial charge in [0.1, 0.15) is 0 Å². The number of rotatable bonds is 4. The minimum Gasteiger partial charge on any atom is -0.309 e. The Hall–Kier alpha value is -1.75.